The summed E-state index contributed by atoms with van der Waals surface area (Å²) in [6, 6.07) is 87.7. The lowest BCUT2D eigenvalue weighted by molar-refractivity contribution is 1.18. The van der Waals surface area contributed by atoms with Crippen molar-refractivity contribution in [2.45, 2.75) is 0 Å². The van der Waals surface area contributed by atoms with Gasteiger partial charge in [0.25, 0.3) is 0 Å². The van der Waals surface area contributed by atoms with E-state index in [0.29, 0.717) is 0 Å². The molecule has 0 amide bonds. The first-order valence-corrected chi connectivity index (χ1v) is 20.6. The van der Waals surface area contributed by atoms with Gasteiger partial charge in [0.1, 0.15) is 0 Å². The molecule has 0 radical (unpaired) electrons. The van der Waals surface area contributed by atoms with Crippen LogP contribution in [0.4, 0.5) is 17.1 Å². The predicted molar refractivity (Wildman–Crippen MR) is 255 cm³/mol. The van der Waals surface area contributed by atoms with E-state index >= 15 is 0 Å². The Bertz CT molecular complexity index is 3210. The first-order valence-electron chi connectivity index (χ1n) is 20.6. The molecule has 10 aromatic carbocycles. The van der Waals surface area contributed by atoms with E-state index in [9.17, 15) is 0 Å². The minimum absolute atomic E-state index is 1.10. The zero-order valence-corrected chi connectivity index (χ0v) is 33.0. The van der Waals surface area contributed by atoms with Crippen LogP contribution >= 0.6 is 0 Å². The summed E-state index contributed by atoms with van der Waals surface area (Å²) in [6.45, 7) is 0. The summed E-state index contributed by atoms with van der Waals surface area (Å²) in [5.74, 6) is 0. The van der Waals surface area contributed by atoms with Crippen LogP contribution in [0, 0.1) is 0 Å². The molecule has 0 atom stereocenters. The van der Waals surface area contributed by atoms with E-state index in [1.807, 2.05) is 0 Å². The average Bonchev–Trinajstić information content (AvgIpc) is 3.67. The van der Waals surface area contributed by atoms with Crippen LogP contribution in [0.1, 0.15) is 0 Å². The molecule has 1 aromatic heterocycles. The predicted octanol–water partition coefficient (Wildman–Crippen LogP) is 16.1. The van der Waals surface area contributed by atoms with E-state index in [2.05, 4.69) is 252 Å². The van der Waals surface area contributed by atoms with Crippen molar-refractivity contribution >= 4 is 49.6 Å². The van der Waals surface area contributed by atoms with Crippen LogP contribution in [-0.4, -0.2) is 4.57 Å². The molecule has 0 fully saturated rings. The standard InChI is InChI=1S/C58H40N2/c1-2-12-41(13-3-1)43-28-34-49(35-29-43)59(51-38-32-47(33-39-51)54-21-11-15-46-14-4-5-18-53(46)54)50-36-30-44(31-37-50)42-24-26-45(27-25-42)48-16-10-17-52(40-48)60-57-22-8-6-19-55(57)56-20-7-9-23-58(56)60/h1-40H. The van der Waals surface area contributed by atoms with Gasteiger partial charge in [-0.25, -0.2) is 0 Å². The molecule has 60 heavy (non-hydrogen) atoms. The van der Waals surface area contributed by atoms with Crippen molar-refractivity contribution in [2.24, 2.45) is 0 Å². The SMILES string of the molecule is c1ccc(-c2ccc(N(c3ccc(-c4ccc(-c5cccc(-n6c7ccccc7c7ccccc76)c5)cc4)cc3)c3ccc(-c4cccc5ccccc45)cc3)cc2)cc1. The van der Waals surface area contributed by atoms with Gasteiger partial charge in [0, 0.05) is 33.5 Å². The van der Waals surface area contributed by atoms with Crippen molar-refractivity contribution in [3.8, 4) is 50.2 Å². The van der Waals surface area contributed by atoms with Crippen LogP contribution in [0.15, 0.2) is 243 Å². The fraction of sp³-hybridized carbons (Fsp3) is 0. The highest BCUT2D eigenvalue weighted by molar-refractivity contribution is 6.09. The third kappa shape index (κ3) is 6.41. The molecule has 0 saturated carbocycles. The maximum absolute atomic E-state index is 2.38. The van der Waals surface area contributed by atoms with E-state index in [1.54, 1.807) is 0 Å². The number of rotatable bonds is 8. The zero-order valence-electron chi connectivity index (χ0n) is 33.0. The molecular weight excluding hydrogens is 725 g/mol. The normalized spacial score (nSPS) is 11.3. The van der Waals surface area contributed by atoms with Gasteiger partial charge in [0.15, 0.2) is 0 Å². The van der Waals surface area contributed by atoms with E-state index in [0.717, 1.165) is 22.7 Å². The number of hydrogen-bond donors (Lipinski definition) is 0. The van der Waals surface area contributed by atoms with Crippen molar-refractivity contribution < 1.29 is 0 Å². The summed E-state index contributed by atoms with van der Waals surface area (Å²) in [7, 11) is 0. The number of hydrogen-bond acceptors (Lipinski definition) is 1. The molecular formula is C58H40N2. The van der Waals surface area contributed by atoms with E-state index in [4.69, 9.17) is 0 Å². The Morgan fingerprint density at radius 3 is 1.25 bits per heavy atom. The van der Waals surface area contributed by atoms with Crippen molar-refractivity contribution in [1.29, 1.82) is 0 Å². The Morgan fingerprint density at radius 2 is 0.667 bits per heavy atom. The lowest BCUT2D eigenvalue weighted by Gasteiger charge is -2.26. The molecule has 0 aliphatic carbocycles. The Labute approximate surface area is 350 Å². The molecule has 11 aromatic rings. The molecule has 0 spiro atoms. The van der Waals surface area contributed by atoms with E-state index < -0.39 is 0 Å². The minimum Gasteiger partial charge on any atom is -0.311 e. The first kappa shape index (κ1) is 35.2. The van der Waals surface area contributed by atoms with Gasteiger partial charge in [-0.15, -0.1) is 0 Å². The number of fused-ring (bicyclic) bond motifs is 4. The second-order valence-electron chi connectivity index (χ2n) is 15.4. The maximum atomic E-state index is 2.38. The summed E-state index contributed by atoms with van der Waals surface area (Å²) < 4.78 is 2.38. The molecule has 0 aliphatic heterocycles. The van der Waals surface area contributed by atoms with Crippen LogP contribution in [0.25, 0.3) is 82.8 Å². The molecule has 1 heterocycles. The van der Waals surface area contributed by atoms with Gasteiger partial charge < -0.3 is 9.47 Å². The summed E-state index contributed by atoms with van der Waals surface area (Å²) in [5, 5.41) is 5.05. The second kappa shape index (κ2) is 15.1. The topological polar surface area (TPSA) is 8.17 Å². The average molecular weight is 765 g/mol. The van der Waals surface area contributed by atoms with Crippen LogP contribution in [0.5, 0.6) is 0 Å². The van der Waals surface area contributed by atoms with Gasteiger partial charge in [0.05, 0.1) is 11.0 Å². The summed E-state index contributed by atoms with van der Waals surface area (Å²) in [4.78, 5) is 2.35. The van der Waals surface area contributed by atoms with Gasteiger partial charge >= 0.3 is 0 Å². The second-order valence-corrected chi connectivity index (χ2v) is 15.4. The van der Waals surface area contributed by atoms with Crippen LogP contribution in [0.3, 0.4) is 0 Å². The van der Waals surface area contributed by atoms with Crippen molar-refractivity contribution in [3.63, 3.8) is 0 Å². The van der Waals surface area contributed by atoms with Crippen LogP contribution in [-0.2, 0) is 0 Å². The van der Waals surface area contributed by atoms with Crippen molar-refractivity contribution in [3.05, 3.63) is 243 Å². The van der Waals surface area contributed by atoms with Gasteiger partial charge in [-0.1, -0.05) is 182 Å². The molecule has 0 aliphatic rings. The summed E-state index contributed by atoms with van der Waals surface area (Å²) in [6.07, 6.45) is 0. The number of para-hydroxylation sites is 2. The van der Waals surface area contributed by atoms with Crippen molar-refractivity contribution in [2.75, 3.05) is 4.90 Å². The molecule has 0 saturated heterocycles. The molecule has 282 valence electrons. The third-order valence-corrected chi connectivity index (χ3v) is 11.8. The highest BCUT2D eigenvalue weighted by atomic mass is 15.1. The highest BCUT2D eigenvalue weighted by Crippen LogP contribution is 2.39. The number of aromatic nitrogens is 1. The lowest BCUT2D eigenvalue weighted by atomic mass is 9.98. The number of nitrogens with zero attached hydrogens (tertiary/aromatic N) is 2. The van der Waals surface area contributed by atoms with E-state index in [-0.39, 0.29) is 0 Å². The molecule has 0 bridgehead atoms. The molecule has 0 unspecified atom stereocenters. The van der Waals surface area contributed by atoms with Crippen molar-refractivity contribution in [1.82, 2.24) is 4.57 Å². The molecule has 11 rings (SSSR count). The molecule has 2 nitrogen and oxygen atoms in total. The zero-order chi connectivity index (χ0) is 39.8. The Balaban J connectivity index is 0.906. The van der Waals surface area contributed by atoms with Gasteiger partial charge in [-0.05, 0) is 116 Å². The fourth-order valence-corrected chi connectivity index (χ4v) is 8.83. The summed E-state index contributed by atoms with van der Waals surface area (Å²) >= 11 is 0. The van der Waals surface area contributed by atoms with E-state index in [1.165, 1.54) is 77.1 Å². The Kier molecular flexibility index (Phi) is 8.87. The third-order valence-electron chi connectivity index (χ3n) is 11.8. The van der Waals surface area contributed by atoms with Gasteiger partial charge in [-0.2, -0.15) is 0 Å². The summed E-state index contributed by atoms with van der Waals surface area (Å²) in [5.41, 5.74) is 16.5. The molecule has 0 N–H and O–H groups in total. The Hall–Kier alpha value is -7.94. The van der Waals surface area contributed by atoms with Crippen LogP contribution < -0.4 is 4.90 Å². The Morgan fingerprint density at radius 1 is 0.267 bits per heavy atom. The maximum Gasteiger partial charge on any atom is 0.0541 e. The monoisotopic (exact) mass is 764 g/mol. The number of benzene rings is 10. The highest BCUT2D eigenvalue weighted by Gasteiger charge is 2.16. The smallest absolute Gasteiger partial charge is 0.0541 e. The van der Waals surface area contributed by atoms with Gasteiger partial charge in [-0.3, -0.25) is 0 Å². The molecule has 2 heteroatoms. The lowest BCUT2D eigenvalue weighted by Crippen LogP contribution is -2.09. The first-order chi connectivity index (χ1) is 29.7. The minimum atomic E-state index is 1.10. The van der Waals surface area contributed by atoms with Crippen LogP contribution in [0.2, 0.25) is 0 Å². The largest absolute Gasteiger partial charge is 0.311 e. The number of anilines is 3. The fourth-order valence-electron chi connectivity index (χ4n) is 8.83. The quantitative estimate of drug-likeness (QED) is 0.150. The van der Waals surface area contributed by atoms with Gasteiger partial charge in [0.2, 0.25) is 0 Å².